The summed E-state index contributed by atoms with van der Waals surface area (Å²) in [6.07, 6.45) is 3.91. The molecule has 0 radical (unpaired) electrons. The summed E-state index contributed by atoms with van der Waals surface area (Å²) in [5.74, 6) is 0.796. The second kappa shape index (κ2) is 11.6. The Labute approximate surface area is 192 Å². The summed E-state index contributed by atoms with van der Waals surface area (Å²) in [5.41, 5.74) is 4.03. The van der Waals surface area contributed by atoms with Crippen LogP contribution in [0.25, 0.3) is 0 Å². The maximum Gasteiger partial charge on any atom is 0.223 e. The minimum absolute atomic E-state index is 0.154. The van der Waals surface area contributed by atoms with Crippen LogP contribution < -0.4 is 5.32 Å². The summed E-state index contributed by atoms with van der Waals surface area (Å²) in [4.78, 5) is 15.1. The number of carbonyl (C=O) groups is 1. The van der Waals surface area contributed by atoms with E-state index < -0.39 is 0 Å². The van der Waals surface area contributed by atoms with E-state index in [1.165, 1.54) is 16.7 Å². The van der Waals surface area contributed by atoms with E-state index in [4.69, 9.17) is 0 Å². The Hall–Kier alpha value is -2.91. The molecule has 1 aliphatic rings. The molecule has 0 atom stereocenters. The Bertz CT molecular complexity index is 895. The fraction of sp³-hybridized carbons (Fsp3) is 0.345. The Balaban J connectivity index is 1.23. The second-order valence-corrected chi connectivity index (χ2v) is 8.81. The van der Waals surface area contributed by atoms with Gasteiger partial charge < -0.3 is 10.2 Å². The van der Waals surface area contributed by atoms with E-state index in [1.807, 2.05) is 18.2 Å². The molecule has 3 heteroatoms. The molecular weight excluding hydrogens is 392 g/mol. The lowest BCUT2D eigenvalue weighted by molar-refractivity contribution is -0.126. The maximum absolute atomic E-state index is 12.6. The highest BCUT2D eigenvalue weighted by molar-refractivity contribution is 5.78. The van der Waals surface area contributed by atoms with E-state index in [1.54, 1.807) is 0 Å². The standard InChI is InChI=1S/C29H34N2O/c32-29(30-20-16-24-10-4-1-5-11-24)27-17-21-31(22-18-27)23-19-28(25-12-6-2-7-13-25)26-14-8-3-9-15-26/h1-15,27-28H,16-23H2,(H,30,32). The van der Waals surface area contributed by atoms with Crippen LogP contribution in [0.4, 0.5) is 0 Å². The molecule has 0 unspecified atom stereocenters. The van der Waals surface area contributed by atoms with Crippen LogP contribution >= 0.6 is 0 Å². The summed E-state index contributed by atoms with van der Waals surface area (Å²) in [7, 11) is 0. The van der Waals surface area contributed by atoms with Crippen LogP contribution in [0.3, 0.4) is 0 Å². The van der Waals surface area contributed by atoms with Crippen LogP contribution in [0.2, 0.25) is 0 Å². The molecule has 1 amide bonds. The predicted octanol–water partition coefficient (Wildman–Crippen LogP) is 5.28. The van der Waals surface area contributed by atoms with Gasteiger partial charge in [0.2, 0.25) is 5.91 Å². The molecule has 1 fully saturated rings. The Morgan fingerprint density at radius 2 is 1.34 bits per heavy atom. The largest absolute Gasteiger partial charge is 0.356 e. The molecule has 1 aliphatic heterocycles. The molecule has 1 N–H and O–H groups in total. The number of carbonyl (C=O) groups excluding carboxylic acids is 1. The van der Waals surface area contributed by atoms with E-state index in [0.29, 0.717) is 5.92 Å². The third-order valence-corrected chi connectivity index (χ3v) is 6.65. The van der Waals surface area contributed by atoms with Gasteiger partial charge in [-0.2, -0.15) is 0 Å². The molecule has 1 heterocycles. The summed E-state index contributed by atoms with van der Waals surface area (Å²) in [6, 6.07) is 32.0. The van der Waals surface area contributed by atoms with E-state index in [0.717, 1.165) is 51.9 Å². The van der Waals surface area contributed by atoms with Gasteiger partial charge in [0, 0.05) is 18.4 Å². The van der Waals surface area contributed by atoms with Crippen molar-refractivity contribution < 1.29 is 4.79 Å². The highest BCUT2D eigenvalue weighted by Gasteiger charge is 2.25. The van der Waals surface area contributed by atoms with Crippen molar-refractivity contribution in [3.05, 3.63) is 108 Å². The van der Waals surface area contributed by atoms with Gasteiger partial charge in [-0.3, -0.25) is 4.79 Å². The van der Waals surface area contributed by atoms with Gasteiger partial charge in [-0.05, 0) is 62.0 Å². The van der Waals surface area contributed by atoms with Crippen LogP contribution in [0.15, 0.2) is 91.0 Å². The highest BCUT2D eigenvalue weighted by atomic mass is 16.1. The number of benzene rings is 3. The first-order valence-corrected chi connectivity index (χ1v) is 11.9. The number of nitrogens with one attached hydrogen (secondary N) is 1. The first-order valence-electron chi connectivity index (χ1n) is 11.9. The SMILES string of the molecule is O=C(NCCc1ccccc1)C1CCN(CCC(c2ccccc2)c2ccccc2)CC1. The predicted molar refractivity (Wildman–Crippen MR) is 132 cm³/mol. The fourth-order valence-electron chi connectivity index (χ4n) is 4.75. The van der Waals surface area contributed by atoms with Crippen LogP contribution in [0, 0.1) is 5.92 Å². The van der Waals surface area contributed by atoms with E-state index in [2.05, 4.69) is 83.0 Å². The Morgan fingerprint density at radius 1 is 0.812 bits per heavy atom. The van der Waals surface area contributed by atoms with Crippen LogP contribution in [-0.2, 0) is 11.2 Å². The van der Waals surface area contributed by atoms with Gasteiger partial charge in [0.05, 0.1) is 0 Å². The lowest BCUT2D eigenvalue weighted by atomic mass is 9.88. The average molecular weight is 427 g/mol. The quantitative estimate of drug-likeness (QED) is 0.505. The molecule has 3 aromatic rings. The second-order valence-electron chi connectivity index (χ2n) is 8.81. The molecule has 0 bridgehead atoms. The molecule has 166 valence electrons. The van der Waals surface area contributed by atoms with Crippen molar-refractivity contribution in [3.8, 4) is 0 Å². The molecular formula is C29H34N2O. The van der Waals surface area contributed by atoms with Gasteiger partial charge in [-0.1, -0.05) is 91.0 Å². The van der Waals surface area contributed by atoms with E-state index in [9.17, 15) is 4.79 Å². The zero-order valence-corrected chi connectivity index (χ0v) is 18.8. The van der Waals surface area contributed by atoms with Crippen molar-refractivity contribution in [2.24, 2.45) is 5.92 Å². The number of rotatable bonds is 9. The Kier molecular flexibility index (Phi) is 8.11. The van der Waals surface area contributed by atoms with E-state index >= 15 is 0 Å². The number of hydrogen-bond donors (Lipinski definition) is 1. The molecule has 1 saturated heterocycles. The van der Waals surface area contributed by atoms with Crippen molar-refractivity contribution >= 4 is 5.91 Å². The minimum Gasteiger partial charge on any atom is -0.356 e. The molecule has 32 heavy (non-hydrogen) atoms. The van der Waals surface area contributed by atoms with Crippen molar-refractivity contribution in [2.75, 3.05) is 26.2 Å². The number of nitrogens with zero attached hydrogens (tertiary/aromatic N) is 1. The normalized spacial score (nSPS) is 15.0. The van der Waals surface area contributed by atoms with Crippen LogP contribution in [0.5, 0.6) is 0 Å². The topological polar surface area (TPSA) is 32.3 Å². The summed E-state index contributed by atoms with van der Waals surface area (Å²) >= 11 is 0. The first kappa shape index (κ1) is 22.3. The molecule has 3 nitrogen and oxygen atoms in total. The van der Waals surface area contributed by atoms with Gasteiger partial charge >= 0.3 is 0 Å². The minimum atomic E-state index is 0.154. The Morgan fingerprint density at radius 3 is 1.91 bits per heavy atom. The van der Waals surface area contributed by atoms with Gasteiger partial charge in [0.15, 0.2) is 0 Å². The zero-order valence-electron chi connectivity index (χ0n) is 18.8. The summed E-state index contributed by atoms with van der Waals surface area (Å²) in [5, 5.41) is 3.15. The maximum atomic E-state index is 12.6. The third kappa shape index (κ3) is 6.30. The number of amides is 1. The molecule has 4 rings (SSSR count). The molecule has 0 aromatic heterocycles. The van der Waals surface area contributed by atoms with Gasteiger partial charge in [0.1, 0.15) is 0 Å². The molecule has 0 saturated carbocycles. The van der Waals surface area contributed by atoms with Gasteiger partial charge in [-0.15, -0.1) is 0 Å². The monoisotopic (exact) mass is 426 g/mol. The van der Waals surface area contributed by atoms with Gasteiger partial charge in [0.25, 0.3) is 0 Å². The molecule has 0 aliphatic carbocycles. The number of piperidine rings is 1. The zero-order chi connectivity index (χ0) is 22.0. The van der Waals surface area contributed by atoms with E-state index in [-0.39, 0.29) is 11.8 Å². The van der Waals surface area contributed by atoms with Crippen molar-refractivity contribution in [1.82, 2.24) is 10.2 Å². The smallest absolute Gasteiger partial charge is 0.223 e. The summed E-state index contributed by atoms with van der Waals surface area (Å²) in [6.45, 7) is 3.80. The fourth-order valence-corrected chi connectivity index (χ4v) is 4.75. The highest BCUT2D eigenvalue weighted by Crippen LogP contribution is 2.29. The summed E-state index contributed by atoms with van der Waals surface area (Å²) < 4.78 is 0. The number of likely N-dealkylation sites (tertiary alicyclic amines) is 1. The lowest BCUT2D eigenvalue weighted by Gasteiger charge is -2.32. The van der Waals surface area contributed by atoms with Crippen molar-refractivity contribution in [1.29, 1.82) is 0 Å². The third-order valence-electron chi connectivity index (χ3n) is 6.65. The average Bonchev–Trinajstić information content (AvgIpc) is 2.86. The van der Waals surface area contributed by atoms with Crippen LogP contribution in [0.1, 0.15) is 41.9 Å². The van der Waals surface area contributed by atoms with Crippen LogP contribution in [-0.4, -0.2) is 37.0 Å². The number of hydrogen-bond acceptors (Lipinski definition) is 2. The van der Waals surface area contributed by atoms with Crippen molar-refractivity contribution in [3.63, 3.8) is 0 Å². The molecule has 3 aromatic carbocycles. The van der Waals surface area contributed by atoms with Crippen molar-refractivity contribution in [2.45, 2.75) is 31.6 Å². The van der Waals surface area contributed by atoms with Gasteiger partial charge in [-0.25, -0.2) is 0 Å². The molecule has 0 spiro atoms. The lowest BCUT2D eigenvalue weighted by Crippen LogP contribution is -2.41. The first-order chi connectivity index (χ1) is 15.8.